The summed E-state index contributed by atoms with van der Waals surface area (Å²) in [6.07, 6.45) is 0.457. The average molecular weight is 286 g/mol. The second-order valence-corrected chi connectivity index (χ2v) is 5.08. The van der Waals surface area contributed by atoms with Crippen molar-refractivity contribution in [1.82, 2.24) is 0 Å². The fourth-order valence-corrected chi connectivity index (χ4v) is 2.49. The second-order valence-electron chi connectivity index (χ2n) is 5.08. The number of hydrogen-bond acceptors (Lipinski definition) is 5. The first-order valence-electron chi connectivity index (χ1n) is 6.55. The van der Waals surface area contributed by atoms with Gasteiger partial charge in [0.2, 0.25) is 0 Å². The van der Waals surface area contributed by atoms with Gasteiger partial charge in [-0.2, -0.15) is 0 Å². The van der Waals surface area contributed by atoms with Gasteiger partial charge in [0.05, 0.1) is 12.5 Å². The van der Waals surface area contributed by atoms with E-state index in [1.54, 1.807) is 24.3 Å². The molecular formula is C16H14O5. The van der Waals surface area contributed by atoms with Gasteiger partial charge in [0.1, 0.15) is 28.6 Å². The maximum absolute atomic E-state index is 12.4. The van der Waals surface area contributed by atoms with Crippen LogP contribution in [0.2, 0.25) is 0 Å². The van der Waals surface area contributed by atoms with E-state index in [-0.39, 0.29) is 41.0 Å². The molecule has 0 bridgehead atoms. The van der Waals surface area contributed by atoms with E-state index in [4.69, 9.17) is 4.74 Å². The van der Waals surface area contributed by atoms with Crippen molar-refractivity contribution in [2.45, 2.75) is 6.42 Å². The number of ether oxygens (including phenoxy) is 1. The van der Waals surface area contributed by atoms with Gasteiger partial charge in [-0.25, -0.2) is 0 Å². The minimum Gasteiger partial charge on any atom is -0.508 e. The zero-order valence-corrected chi connectivity index (χ0v) is 11.1. The maximum Gasteiger partial charge on any atom is 0.177 e. The Morgan fingerprint density at radius 3 is 2.48 bits per heavy atom. The van der Waals surface area contributed by atoms with Crippen molar-refractivity contribution in [2.24, 2.45) is 5.92 Å². The summed E-state index contributed by atoms with van der Waals surface area (Å²) >= 11 is 0. The number of benzene rings is 2. The van der Waals surface area contributed by atoms with Crippen molar-refractivity contribution in [2.75, 3.05) is 6.61 Å². The van der Waals surface area contributed by atoms with Gasteiger partial charge in [-0.1, -0.05) is 12.1 Å². The number of carbonyl (C=O) groups excluding carboxylic acids is 1. The molecule has 5 heteroatoms. The number of rotatable bonds is 2. The third kappa shape index (κ3) is 2.50. The zero-order chi connectivity index (χ0) is 15.0. The summed E-state index contributed by atoms with van der Waals surface area (Å²) in [4.78, 5) is 12.4. The molecule has 0 aliphatic carbocycles. The summed E-state index contributed by atoms with van der Waals surface area (Å²) in [5.41, 5.74) is 1.01. The molecule has 0 saturated carbocycles. The summed E-state index contributed by atoms with van der Waals surface area (Å²) in [7, 11) is 0. The predicted molar refractivity (Wildman–Crippen MR) is 74.9 cm³/mol. The number of phenols is 3. The number of Topliss-reactive ketones (excluding diaryl/α,β-unsaturated/α-hetero) is 1. The molecule has 1 unspecified atom stereocenters. The number of phenolic OH excluding ortho intramolecular Hbond substituents is 3. The molecule has 0 radical (unpaired) electrons. The molecule has 1 atom stereocenters. The summed E-state index contributed by atoms with van der Waals surface area (Å²) in [6, 6.07) is 9.07. The molecule has 1 aliphatic rings. The van der Waals surface area contributed by atoms with Crippen LogP contribution in [0.3, 0.4) is 0 Å². The molecule has 0 amide bonds. The highest BCUT2D eigenvalue weighted by molar-refractivity contribution is 6.04. The first-order chi connectivity index (χ1) is 10.0. The zero-order valence-electron chi connectivity index (χ0n) is 11.1. The van der Waals surface area contributed by atoms with Crippen LogP contribution in [0.1, 0.15) is 15.9 Å². The Balaban J connectivity index is 1.87. The Morgan fingerprint density at radius 1 is 1.05 bits per heavy atom. The lowest BCUT2D eigenvalue weighted by molar-refractivity contribution is 0.0826. The van der Waals surface area contributed by atoms with Crippen LogP contribution < -0.4 is 4.74 Å². The first-order valence-corrected chi connectivity index (χ1v) is 6.55. The maximum atomic E-state index is 12.4. The number of ketones is 1. The molecule has 0 aromatic heterocycles. The fourth-order valence-electron chi connectivity index (χ4n) is 2.49. The van der Waals surface area contributed by atoms with Crippen LogP contribution >= 0.6 is 0 Å². The minimum atomic E-state index is -0.405. The Kier molecular flexibility index (Phi) is 3.17. The van der Waals surface area contributed by atoms with Crippen LogP contribution in [0.4, 0.5) is 0 Å². The molecule has 5 nitrogen and oxygen atoms in total. The van der Waals surface area contributed by atoms with Crippen LogP contribution in [-0.4, -0.2) is 27.7 Å². The number of aromatic hydroxyl groups is 3. The van der Waals surface area contributed by atoms with Crippen LogP contribution in [0.5, 0.6) is 23.0 Å². The van der Waals surface area contributed by atoms with Crippen molar-refractivity contribution in [1.29, 1.82) is 0 Å². The predicted octanol–water partition coefficient (Wildman–Crippen LogP) is 2.24. The first kappa shape index (κ1) is 13.3. The van der Waals surface area contributed by atoms with Crippen LogP contribution in [-0.2, 0) is 6.42 Å². The van der Waals surface area contributed by atoms with Crippen molar-refractivity contribution in [3.8, 4) is 23.0 Å². The quantitative estimate of drug-likeness (QED) is 0.788. The lowest BCUT2D eigenvalue weighted by Crippen LogP contribution is -2.29. The van der Waals surface area contributed by atoms with E-state index in [9.17, 15) is 20.1 Å². The van der Waals surface area contributed by atoms with Crippen LogP contribution in [0.15, 0.2) is 36.4 Å². The van der Waals surface area contributed by atoms with Crippen molar-refractivity contribution >= 4 is 5.78 Å². The highest BCUT2D eigenvalue weighted by atomic mass is 16.5. The molecule has 2 aromatic carbocycles. The van der Waals surface area contributed by atoms with Gasteiger partial charge >= 0.3 is 0 Å². The Labute approximate surface area is 121 Å². The Hall–Kier alpha value is -2.69. The molecule has 0 saturated heterocycles. The highest BCUT2D eigenvalue weighted by Crippen LogP contribution is 2.38. The summed E-state index contributed by atoms with van der Waals surface area (Å²) in [5.74, 6) is -0.649. The van der Waals surface area contributed by atoms with E-state index in [1.807, 2.05) is 0 Å². The lowest BCUT2D eigenvalue weighted by Gasteiger charge is -2.24. The van der Waals surface area contributed by atoms with Crippen LogP contribution in [0, 0.1) is 5.92 Å². The normalized spacial score (nSPS) is 17.1. The van der Waals surface area contributed by atoms with E-state index in [1.165, 1.54) is 6.07 Å². The molecule has 21 heavy (non-hydrogen) atoms. The molecule has 1 aliphatic heterocycles. The van der Waals surface area contributed by atoms with E-state index in [2.05, 4.69) is 0 Å². The fraction of sp³-hybridized carbons (Fsp3) is 0.188. The van der Waals surface area contributed by atoms with Crippen molar-refractivity contribution in [3.05, 3.63) is 47.5 Å². The minimum absolute atomic E-state index is 0.114. The van der Waals surface area contributed by atoms with Gasteiger partial charge in [0.15, 0.2) is 5.78 Å². The van der Waals surface area contributed by atoms with Gasteiger partial charge in [-0.15, -0.1) is 0 Å². The van der Waals surface area contributed by atoms with Gasteiger partial charge in [-0.05, 0) is 24.1 Å². The Bertz CT molecular complexity index is 691. The van der Waals surface area contributed by atoms with E-state index < -0.39 is 5.92 Å². The van der Waals surface area contributed by atoms with Crippen molar-refractivity contribution < 1.29 is 24.9 Å². The van der Waals surface area contributed by atoms with Gasteiger partial charge in [0, 0.05) is 12.1 Å². The average Bonchev–Trinajstić information content (AvgIpc) is 2.43. The largest absolute Gasteiger partial charge is 0.508 e. The molecule has 108 valence electrons. The molecule has 1 heterocycles. The third-order valence-electron chi connectivity index (χ3n) is 3.54. The van der Waals surface area contributed by atoms with Gasteiger partial charge in [-0.3, -0.25) is 4.79 Å². The lowest BCUT2D eigenvalue weighted by atomic mass is 9.89. The highest BCUT2D eigenvalue weighted by Gasteiger charge is 2.32. The topological polar surface area (TPSA) is 87.0 Å². The number of carbonyl (C=O) groups is 1. The number of hydrogen-bond donors (Lipinski definition) is 3. The SMILES string of the molecule is O=C1c2c(O)cc(O)cc2OCC1Cc1ccc(O)cc1. The molecule has 3 N–H and O–H groups in total. The van der Waals surface area contributed by atoms with E-state index in [0.717, 1.165) is 11.6 Å². The molecule has 0 fully saturated rings. The van der Waals surface area contributed by atoms with E-state index >= 15 is 0 Å². The molecule has 2 aromatic rings. The summed E-state index contributed by atoms with van der Waals surface area (Å²) in [6.45, 7) is 0.190. The smallest absolute Gasteiger partial charge is 0.177 e. The molecule has 0 spiro atoms. The number of fused-ring (bicyclic) bond motifs is 1. The second kappa shape index (κ2) is 5.01. The standard InChI is InChI=1S/C16H14O5/c17-11-3-1-9(2-4-11)5-10-8-21-14-7-12(18)6-13(19)15(14)16(10)20/h1-4,6-7,10,17-19H,5,8H2. The van der Waals surface area contributed by atoms with Gasteiger partial charge in [0.25, 0.3) is 0 Å². The molecule has 3 rings (SSSR count). The summed E-state index contributed by atoms with van der Waals surface area (Å²) < 4.78 is 5.47. The van der Waals surface area contributed by atoms with Crippen LogP contribution in [0.25, 0.3) is 0 Å². The van der Waals surface area contributed by atoms with Crippen molar-refractivity contribution in [3.63, 3.8) is 0 Å². The summed E-state index contributed by atoms with van der Waals surface area (Å²) in [5, 5.41) is 28.5. The monoisotopic (exact) mass is 286 g/mol. The van der Waals surface area contributed by atoms with Gasteiger partial charge < -0.3 is 20.1 Å². The third-order valence-corrected chi connectivity index (χ3v) is 3.54. The molecular weight excluding hydrogens is 272 g/mol. The Morgan fingerprint density at radius 2 is 1.76 bits per heavy atom. The van der Waals surface area contributed by atoms with E-state index in [0.29, 0.717) is 6.42 Å².